The second-order valence-electron chi connectivity index (χ2n) is 6.46. The minimum Gasteiger partial charge on any atom is -0.339 e. The average Bonchev–Trinajstić information content (AvgIpc) is 2.98. The maximum absolute atomic E-state index is 13.7. The largest absolute Gasteiger partial charge is 0.339 e. The van der Waals surface area contributed by atoms with E-state index in [9.17, 15) is 9.18 Å². The van der Waals surface area contributed by atoms with Crippen LogP contribution in [0.25, 0.3) is 0 Å². The summed E-state index contributed by atoms with van der Waals surface area (Å²) >= 11 is 1.57. The van der Waals surface area contributed by atoms with E-state index in [4.69, 9.17) is 0 Å². The lowest BCUT2D eigenvalue weighted by Crippen LogP contribution is -2.44. The van der Waals surface area contributed by atoms with Gasteiger partial charge >= 0.3 is 0 Å². The number of hydrogen-bond acceptors (Lipinski definition) is 3. The Bertz CT molecular complexity index is 548. The molecule has 2 aliphatic heterocycles. The van der Waals surface area contributed by atoms with E-state index in [-0.39, 0.29) is 11.7 Å². The molecular weight excluding hydrogens is 299 g/mol. The van der Waals surface area contributed by atoms with Crippen LogP contribution in [0.4, 0.5) is 4.39 Å². The lowest BCUT2D eigenvalue weighted by atomic mass is 9.78. The van der Waals surface area contributed by atoms with Crippen LogP contribution in [0.1, 0.15) is 35.2 Å². The van der Waals surface area contributed by atoms with Gasteiger partial charge in [0.15, 0.2) is 0 Å². The van der Waals surface area contributed by atoms with Gasteiger partial charge in [-0.05, 0) is 61.2 Å². The molecule has 3 rings (SSSR count). The standard InChI is InChI=1S/C17H23FN2OS/c1-22-11-14-10-13(2-3-15(14)18)16(21)20-8-5-17(6-9-20)4-7-19-12-17/h2-3,10,19H,4-9,11-12H2,1H3. The number of nitrogens with zero attached hydrogens (tertiary/aromatic N) is 1. The third kappa shape index (κ3) is 3.15. The summed E-state index contributed by atoms with van der Waals surface area (Å²) in [4.78, 5) is 14.6. The van der Waals surface area contributed by atoms with Crippen molar-refractivity contribution in [2.45, 2.75) is 25.0 Å². The fourth-order valence-corrected chi connectivity index (χ4v) is 4.10. The Balaban J connectivity index is 1.68. The fourth-order valence-electron chi connectivity index (χ4n) is 3.56. The van der Waals surface area contributed by atoms with Crippen LogP contribution >= 0.6 is 11.8 Å². The van der Waals surface area contributed by atoms with Crippen molar-refractivity contribution in [2.24, 2.45) is 5.41 Å². The summed E-state index contributed by atoms with van der Waals surface area (Å²) in [5.41, 5.74) is 1.64. The van der Waals surface area contributed by atoms with Gasteiger partial charge in [-0.15, -0.1) is 0 Å². The van der Waals surface area contributed by atoms with E-state index in [1.54, 1.807) is 23.9 Å². The number of amides is 1. The van der Waals surface area contributed by atoms with Crippen LogP contribution in [0, 0.1) is 11.2 Å². The highest BCUT2D eigenvalue weighted by Crippen LogP contribution is 2.37. The average molecular weight is 322 g/mol. The molecule has 0 saturated carbocycles. The molecule has 120 valence electrons. The molecule has 1 amide bonds. The zero-order chi connectivity index (χ0) is 15.6. The molecule has 0 bridgehead atoms. The molecule has 1 N–H and O–H groups in total. The molecule has 1 aromatic carbocycles. The SMILES string of the molecule is CSCc1cc(C(=O)N2CCC3(CCNC3)CC2)ccc1F. The maximum Gasteiger partial charge on any atom is 0.253 e. The Morgan fingerprint density at radius 3 is 2.77 bits per heavy atom. The van der Waals surface area contributed by atoms with Gasteiger partial charge in [0.1, 0.15) is 5.82 Å². The normalized spacial score (nSPS) is 20.5. The quantitative estimate of drug-likeness (QED) is 0.929. The van der Waals surface area contributed by atoms with Crippen molar-refractivity contribution in [1.29, 1.82) is 0 Å². The van der Waals surface area contributed by atoms with Crippen LogP contribution in [-0.4, -0.2) is 43.2 Å². The predicted molar refractivity (Wildman–Crippen MR) is 88.7 cm³/mol. The van der Waals surface area contributed by atoms with Crippen LogP contribution in [0.5, 0.6) is 0 Å². The molecule has 0 radical (unpaired) electrons. The summed E-state index contributed by atoms with van der Waals surface area (Å²) < 4.78 is 13.7. The van der Waals surface area contributed by atoms with Crippen molar-refractivity contribution in [3.05, 3.63) is 35.1 Å². The Hall–Kier alpha value is -1.07. The number of rotatable bonds is 3. The molecule has 1 spiro atoms. The number of thioether (sulfide) groups is 1. The van der Waals surface area contributed by atoms with E-state index >= 15 is 0 Å². The Morgan fingerprint density at radius 1 is 1.36 bits per heavy atom. The molecule has 5 heteroatoms. The summed E-state index contributed by atoms with van der Waals surface area (Å²) in [6, 6.07) is 4.75. The predicted octanol–water partition coefficient (Wildman–Crippen LogP) is 2.90. The molecule has 1 aromatic rings. The van der Waals surface area contributed by atoms with E-state index in [1.807, 2.05) is 11.2 Å². The number of carbonyl (C=O) groups excluding carboxylic acids is 1. The smallest absolute Gasteiger partial charge is 0.253 e. The summed E-state index contributed by atoms with van der Waals surface area (Å²) in [7, 11) is 0. The van der Waals surface area contributed by atoms with Crippen molar-refractivity contribution in [1.82, 2.24) is 10.2 Å². The summed E-state index contributed by atoms with van der Waals surface area (Å²) in [5.74, 6) is 0.422. The molecule has 2 heterocycles. The first-order valence-corrected chi connectivity index (χ1v) is 9.30. The minimum absolute atomic E-state index is 0.0446. The number of halogens is 1. The van der Waals surface area contributed by atoms with Gasteiger partial charge in [0, 0.05) is 31.0 Å². The summed E-state index contributed by atoms with van der Waals surface area (Å²) in [5, 5.41) is 3.44. The van der Waals surface area contributed by atoms with Gasteiger partial charge in [-0.3, -0.25) is 4.79 Å². The molecular formula is C17H23FN2OS. The molecule has 2 fully saturated rings. The number of likely N-dealkylation sites (tertiary alicyclic amines) is 1. The first kappa shape index (κ1) is 15.8. The van der Waals surface area contributed by atoms with Crippen molar-refractivity contribution >= 4 is 17.7 Å². The van der Waals surface area contributed by atoms with Crippen molar-refractivity contribution in [2.75, 3.05) is 32.4 Å². The van der Waals surface area contributed by atoms with Gasteiger partial charge < -0.3 is 10.2 Å². The maximum atomic E-state index is 13.7. The fraction of sp³-hybridized carbons (Fsp3) is 0.588. The Labute approximate surface area is 135 Å². The van der Waals surface area contributed by atoms with Crippen LogP contribution in [0.15, 0.2) is 18.2 Å². The van der Waals surface area contributed by atoms with Crippen LogP contribution in [-0.2, 0) is 5.75 Å². The van der Waals surface area contributed by atoms with E-state index in [2.05, 4.69) is 5.32 Å². The highest BCUT2D eigenvalue weighted by atomic mass is 32.2. The molecule has 2 saturated heterocycles. The van der Waals surface area contributed by atoms with Gasteiger partial charge in [-0.25, -0.2) is 4.39 Å². The van der Waals surface area contributed by atoms with E-state index < -0.39 is 0 Å². The topological polar surface area (TPSA) is 32.3 Å². The van der Waals surface area contributed by atoms with Gasteiger partial charge in [0.05, 0.1) is 0 Å². The van der Waals surface area contributed by atoms with Gasteiger partial charge in [-0.1, -0.05) is 0 Å². The Morgan fingerprint density at radius 2 is 2.14 bits per heavy atom. The number of benzene rings is 1. The van der Waals surface area contributed by atoms with Crippen molar-refractivity contribution in [3.63, 3.8) is 0 Å². The highest BCUT2D eigenvalue weighted by Gasteiger charge is 2.38. The van der Waals surface area contributed by atoms with Crippen molar-refractivity contribution < 1.29 is 9.18 Å². The molecule has 0 atom stereocenters. The van der Waals surface area contributed by atoms with Crippen LogP contribution in [0.3, 0.4) is 0 Å². The lowest BCUT2D eigenvalue weighted by molar-refractivity contribution is 0.0607. The lowest BCUT2D eigenvalue weighted by Gasteiger charge is -2.39. The van der Waals surface area contributed by atoms with Crippen LogP contribution in [0.2, 0.25) is 0 Å². The molecule has 0 unspecified atom stereocenters. The summed E-state index contributed by atoms with van der Waals surface area (Å²) in [6.07, 6.45) is 5.31. The highest BCUT2D eigenvalue weighted by molar-refractivity contribution is 7.97. The zero-order valence-corrected chi connectivity index (χ0v) is 13.8. The second kappa shape index (κ2) is 6.59. The summed E-state index contributed by atoms with van der Waals surface area (Å²) in [6.45, 7) is 3.82. The monoisotopic (exact) mass is 322 g/mol. The number of piperidine rings is 1. The number of carbonyl (C=O) groups is 1. The first-order valence-electron chi connectivity index (χ1n) is 7.91. The number of hydrogen-bond donors (Lipinski definition) is 1. The third-order valence-electron chi connectivity index (χ3n) is 5.04. The molecule has 3 nitrogen and oxygen atoms in total. The van der Waals surface area contributed by atoms with E-state index in [0.29, 0.717) is 22.3 Å². The molecule has 2 aliphatic rings. The Kier molecular flexibility index (Phi) is 4.73. The van der Waals surface area contributed by atoms with Gasteiger partial charge in [0.2, 0.25) is 0 Å². The number of nitrogens with one attached hydrogen (secondary N) is 1. The van der Waals surface area contributed by atoms with Gasteiger partial charge in [0.25, 0.3) is 5.91 Å². The zero-order valence-electron chi connectivity index (χ0n) is 13.0. The minimum atomic E-state index is -0.222. The first-order chi connectivity index (χ1) is 10.6. The van der Waals surface area contributed by atoms with Crippen LogP contribution < -0.4 is 5.32 Å². The van der Waals surface area contributed by atoms with Crippen molar-refractivity contribution in [3.8, 4) is 0 Å². The molecule has 22 heavy (non-hydrogen) atoms. The molecule has 0 aliphatic carbocycles. The second-order valence-corrected chi connectivity index (χ2v) is 7.32. The van der Waals surface area contributed by atoms with E-state index in [1.165, 1.54) is 12.5 Å². The molecule has 0 aromatic heterocycles. The third-order valence-corrected chi connectivity index (χ3v) is 5.64. The van der Waals surface area contributed by atoms with Gasteiger partial charge in [-0.2, -0.15) is 11.8 Å². The van der Waals surface area contributed by atoms with E-state index in [0.717, 1.165) is 39.0 Å².